The summed E-state index contributed by atoms with van der Waals surface area (Å²) in [7, 11) is 0. The van der Waals surface area contributed by atoms with Crippen LogP contribution in [0.3, 0.4) is 0 Å². The molecule has 0 N–H and O–H groups in total. The average Bonchev–Trinajstić information content (AvgIpc) is 2.69. The molecule has 0 nitrogen and oxygen atoms in total. The summed E-state index contributed by atoms with van der Waals surface area (Å²) in [5.74, 6) is 0.766. The van der Waals surface area contributed by atoms with Gasteiger partial charge in [-0.15, -0.1) is 5.73 Å². The number of benzene rings is 2. The van der Waals surface area contributed by atoms with Crippen LogP contribution in [-0.2, 0) is 19.3 Å². The number of aryl methyl sites for hydroxylation is 2. The SMILES string of the molecule is CCCCCCc1ccc(CC=C=Cc2ccc(CCC(C)C)cc2)cc1. The molecule has 0 aromatic heterocycles. The van der Waals surface area contributed by atoms with Crippen molar-refractivity contribution in [2.75, 3.05) is 0 Å². The number of allylic oxidation sites excluding steroid dienone is 1. The van der Waals surface area contributed by atoms with Crippen molar-refractivity contribution in [3.8, 4) is 0 Å². The van der Waals surface area contributed by atoms with Crippen LogP contribution in [0.5, 0.6) is 0 Å². The van der Waals surface area contributed by atoms with E-state index in [2.05, 4.69) is 87.2 Å². The molecule has 144 valence electrons. The highest BCUT2D eigenvalue weighted by molar-refractivity contribution is 5.49. The van der Waals surface area contributed by atoms with Crippen LogP contribution in [0.15, 0.2) is 60.3 Å². The van der Waals surface area contributed by atoms with Gasteiger partial charge in [0.2, 0.25) is 0 Å². The van der Waals surface area contributed by atoms with E-state index in [1.807, 2.05) is 0 Å². The van der Waals surface area contributed by atoms with Crippen LogP contribution in [0.25, 0.3) is 6.08 Å². The number of rotatable bonds is 11. The Hall–Kier alpha value is -2.04. The van der Waals surface area contributed by atoms with Crippen LogP contribution < -0.4 is 0 Å². The molecule has 0 aliphatic heterocycles. The Kier molecular flexibility index (Phi) is 9.74. The molecule has 27 heavy (non-hydrogen) atoms. The lowest BCUT2D eigenvalue weighted by Crippen LogP contribution is -1.91. The van der Waals surface area contributed by atoms with E-state index >= 15 is 0 Å². The standard InChI is InChI=1S/C27H36/c1-4-5-6-7-10-24-15-17-25(18-16-24)11-8-9-12-26-19-21-27(22-20-26)14-13-23(2)3/h8,12,15-23H,4-7,10-11,13-14H2,1-3H3. The molecule has 0 bridgehead atoms. The molecule has 0 amide bonds. The summed E-state index contributed by atoms with van der Waals surface area (Å²) >= 11 is 0. The van der Waals surface area contributed by atoms with Gasteiger partial charge in [-0.2, -0.15) is 0 Å². The van der Waals surface area contributed by atoms with Crippen LogP contribution in [0.4, 0.5) is 0 Å². The first-order valence-electron chi connectivity index (χ1n) is 10.7. The summed E-state index contributed by atoms with van der Waals surface area (Å²) in [6.07, 6.45) is 14.1. The van der Waals surface area contributed by atoms with Crippen LogP contribution in [0.2, 0.25) is 0 Å². The maximum atomic E-state index is 3.33. The van der Waals surface area contributed by atoms with Crippen LogP contribution >= 0.6 is 0 Å². The van der Waals surface area contributed by atoms with Gasteiger partial charge in [0, 0.05) is 0 Å². The molecule has 0 atom stereocenters. The molecule has 2 rings (SSSR count). The zero-order valence-electron chi connectivity index (χ0n) is 17.5. The largest absolute Gasteiger partial charge is 0.124 e. The minimum absolute atomic E-state index is 0.766. The second kappa shape index (κ2) is 12.4. The van der Waals surface area contributed by atoms with Gasteiger partial charge in [0.25, 0.3) is 0 Å². The van der Waals surface area contributed by atoms with E-state index < -0.39 is 0 Å². The van der Waals surface area contributed by atoms with Gasteiger partial charge in [-0.05, 0) is 72.4 Å². The van der Waals surface area contributed by atoms with E-state index in [4.69, 9.17) is 0 Å². The summed E-state index contributed by atoms with van der Waals surface area (Å²) < 4.78 is 0. The maximum Gasteiger partial charge on any atom is -0.00212 e. The molecule has 2 aromatic carbocycles. The van der Waals surface area contributed by atoms with E-state index in [0.29, 0.717) is 0 Å². The molecule has 0 heterocycles. The average molecular weight is 361 g/mol. The van der Waals surface area contributed by atoms with Gasteiger partial charge in [-0.1, -0.05) is 88.6 Å². The summed E-state index contributed by atoms with van der Waals surface area (Å²) in [6.45, 7) is 6.83. The van der Waals surface area contributed by atoms with Gasteiger partial charge in [0.15, 0.2) is 0 Å². The molecule has 0 heteroatoms. The lowest BCUT2D eigenvalue weighted by molar-refractivity contribution is 0.587. The van der Waals surface area contributed by atoms with Gasteiger partial charge in [0.1, 0.15) is 0 Å². The van der Waals surface area contributed by atoms with Crippen LogP contribution in [-0.4, -0.2) is 0 Å². The Morgan fingerprint density at radius 3 is 2.07 bits per heavy atom. The topological polar surface area (TPSA) is 0 Å². The van der Waals surface area contributed by atoms with Crippen molar-refractivity contribution < 1.29 is 0 Å². The minimum atomic E-state index is 0.766. The van der Waals surface area contributed by atoms with Gasteiger partial charge < -0.3 is 0 Å². The predicted molar refractivity (Wildman–Crippen MR) is 120 cm³/mol. The van der Waals surface area contributed by atoms with Crippen molar-refractivity contribution in [3.63, 3.8) is 0 Å². The fourth-order valence-electron chi connectivity index (χ4n) is 3.17. The monoisotopic (exact) mass is 360 g/mol. The molecule has 0 spiro atoms. The van der Waals surface area contributed by atoms with E-state index in [1.165, 1.54) is 67.2 Å². The lowest BCUT2D eigenvalue weighted by Gasteiger charge is -2.04. The molecule has 2 aromatic rings. The van der Waals surface area contributed by atoms with Crippen molar-refractivity contribution in [1.29, 1.82) is 0 Å². The Labute approximate surface area is 167 Å². The van der Waals surface area contributed by atoms with Crippen molar-refractivity contribution in [2.24, 2.45) is 5.92 Å². The van der Waals surface area contributed by atoms with E-state index in [0.717, 1.165) is 12.3 Å². The third kappa shape index (κ3) is 8.94. The Bertz CT molecular complexity index is 695. The lowest BCUT2D eigenvalue weighted by atomic mass is 10.0. The minimum Gasteiger partial charge on any atom is -0.124 e. The third-order valence-corrected chi connectivity index (χ3v) is 5.04. The quantitative estimate of drug-likeness (QED) is 0.283. The molecule has 0 radical (unpaired) electrons. The first-order chi connectivity index (χ1) is 13.2. The zero-order valence-corrected chi connectivity index (χ0v) is 17.5. The van der Waals surface area contributed by atoms with Gasteiger partial charge >= 0.3 is 0 Å². The summed E-state index contributed by atoms with van der Waals surface area (Å²) in [5.41, 5.74) is 8.81. The molecular weight excluding hydrogens is 324 g/mol. The zero-order chi connectivity index (χ0) is 19.3. The van der Waals surface area contributed by atoms with Crippen molar-refractivity contribution in [2.45, 2.75) is 72.1 Å². The Morgan fingerprint density at radius 1 is 0.778 bits per heavy atom. The van der Waals surface area contributed by atoms with E-state index in [-0.39, 0.29) is 0 Å². The summed E-state index contributed by atoms with van der Waals surface area (Å²) in [6, 6.07) is 18.0. The van der Waals surface area contributed by atoms with Gasteiger partial charge in [-0.3, -0.25) is 0 Å². The second-order valence-electron chi connectivity index (χ2n) is 8.02. The summed E-state index contributed by atoms with van der Waals surface area (Å²) in [5, 5.41) is 0. The second-order valence-corrected chi connectivity index (χ2v) is 8.02. The van der Waals surface area contributed by atoms with E-state index in [1.54, 1.807) is 0 Å². The fourth-order valence-corrected chi connectivity index (χ4v) is 3.17. The predicted octanol–water partition coefficient (Wildman–Crippen LogP) is 7.81. The molecule has 0 unspecified atom stereocenters. The maximum absolute atomic E-state index is 3.33. The van der Waals surface area contributed by atoms with Crippen molar-refractivity contribution in [1.82, 2.24) is 0 Å². The number of hydrogen-bond acceptors (Lipinski definition) is 0. The highest BCUT2D eigenvalue weighted by Crippen LogP contribution is 2.12. The molecule has 0 saturated heterocycles. The molecule has 0 aliphatic rings. The molecule has 0 fully saturated rings. The van der Waals surface area contributed by atoms with Crippen LogP contribution in [0.1, 0.15) is 75.1 Å². The van der Waals surface area contributed by atoms with Crippen molar-refractivity contribution in [3.05, 3.63) is 82.6 Å². The van der Waals surface area contributed by atoms with Gasteiger partial charge in [0.05, 0.1) is 0 Å². The third-order valence-electron chi connectivity index (χ3n) is 5.04. The highest BCUT2D eigenvalue weighted by atomic mass is 14.0. The molecule has 0 saturated carbocycles. The van der Waals surface area contributed by atoms with Crippen molar-refractivity contribution >= 4 is 6.08 Å². The fraction of sp³-hybridized carbons (Fsp3) is 0.444. The molecular formula is C27H36. The normalized spacial score (nSPS) is 10.7. The first-order valence-corrected chi connectivity index (χ1v) is 10.7. The highest BCUT2D eigenvalue weighted by Gasteiger charge is 1.97. The molecule has 0 aliphatic carbocycles. The number of hydrogen-bond donors (Lipinski definition) is 0. The first kappa shape index (κ1) is 21.3. The number of unbranched alkanes of at least 4 members (excludes halogenated alkanes) is 3. The van der Waals surface area contributed by atoms with E-state index in [9.17, 15) is 0 Å². The van der Waals surface area contributed by atoms with Crippen LogP contribution in [0, 0.1) is 5.92 Å². The van der Waals surface area contributed by atoms with Gasteiger partial charge in [-0.25, -0.2) is 0 Å². The summed E-state index contributed by atoms with van der Waals surface area (Å²) in [4.78, 5) is 0. The smallest absolute Gasteiger partial charge is 0.00212 e. The Morgan fingerprint density at radius 2 is 1.41 bits per heavy atom. The Balaban J connectivity index is 1.78.